The Hall–Kier alpha value is -0.370. The molecule has 2 aromatic rings. The largest absolute Gasteiger partial charge is 1.00 e. The first-order chi connectivity index (χ1) is 13.8. The minimum absolute atomic E-state index is 0. The number of hydrogen-bond acceptors (Lipinski definition) is 0. The molecule has 0 aliphatic heterocycles. The summed E-state index contributed by atoms with van der Waals surface area (Å²) in [5.74, 6) is 0.626. The van der Waals surface area contributed by atoms with Crippen molar-refractivity contribution >= 4 is 22.6 Å². The summed E-state index contributed by atoms with van der Waals surface area (Å²) >= 11 is 4.55. The summed E-state index contributed by atoms with van der Waals surface area (Å²) in [5.41, 5.74) is 10.0. The van der Waals surface area contributed by atoms with E-state index in [1.807, 2.05) is 3.28 Å². The van der Waals surface area contributed by atoms with E-state index in [0.29, 0.717) is 9.54 Å². The molecule has 0 amide bonds. The van der Waals surface area contributed by atoms with Crippen LogP contribution in [0.25, 0.3) is 5.57 Å². The molecule has 0 fully saturated rings. The van der Waals surface area contributed by atoms with Crippen molar-refractivity contribution in [3.8, 4) is 0 Å². The minimum atomic E-state index is -1.96. The van der Waals surface area contributed by atoms with Gasteiger partial charge in [-0.2, -0.15) is 0 Å². The molecule has 0 heterocycles. The standard InChI is InChI=1S/C15H10Cl.C9H13.C2H6Si.2ClH.Zr/c16-13-7-9-15-12(10-13)6-8-14(15)11-4-2-1-3-5-11;1-6-5-7(2)9(4)8(6)3;1-3-2;;;/h1-10H;6H,1-4H3;1-2H3;2*1H;/q;;;;;+2/p-2. The van der Waals surface area contributed by atoms with E-state index in [0.717, 1.165) is 5.02 Å². The fourth-order valence-corrected chi connectivity index (χ4v) is 24.9. The zero-order valence-electron chi connectivity index (χ0n) is 19.0. The van der Waals surface area contributed by atoms with E-state index in [9.17, 15) is 0 Å². The van der Waals surface area contributed by atoms with Gasteiger partial charge < -0.3 is 24.8 Å². The van der Waals surface area contributed by atoms with E-state index in [-0.39, 0.29) is 30.2 Å². The van der Waals surface area contributed by atoms with Crippen molar-refractivity contribution < 1.29 is 45.2 Å². The number of hydrogen-bond donors (Lipinski definition) is 0. The summed E-state index contributed by atoms with van der Waals surface area (Å²) in [6.45, 7) is 14.6. The van der Waals surface area contributed by atoms with Crippen molar-refractivity contribution in [2.75, 3.05) is 0 Å². The number of benzene rings is 2. The predicted octanol–water partition coefficient (Wildman–Crippen LogP) is 1.96. The van der Waals surface area contributed by atoms with Crippen molar-refractivity contribution in [3.05, 3.63) is 96.3 Å². The van der Waals surface area contributed by atoms with Crippen molar-refractivity contribution in [1.82, 2.24) is 0 Å². The third kappa shape index (κ3) is 4.80. The Morgan fingerprint density at radius 2 is 1.55 bits per heavy atom. The summed E-state index contributed by atoms with van der Waals surface area (Å²) < 4.78 is 2.46. The molecule has 0 spiro atoms. The third-order valence-corrected chi connectivity index (χ3v) is 25.6. The van der Waals surface area contributed by atoms with Crippen molar-refractivity contribution in [2.45, 2.75) is 44.4 Å². The molecule has 5 heteroatoms. The second-order valence-electron chi connectivity index (χ2n) is 8.64. The molecule has 2 aromatic carbocycles. The zero-order valence-corrected chi connectivity index (χ0v) is 24.7. The van der Waals surface area contributed by atoms with E-state index in [2.05, 4.69) is 95.4 Å². The van der Waals surface area contributed by atoms with E-state index in [1.165, 1.54) is 22.3 Å². The molecule has 0 saturated heterocycles. The Bertz CT molecular complexity index is 1120. The molecule has 0 N–H and O–H groups in total. The van der Waals surface area contributed by atoms with Gasteiger partial charge in [-0.15, -0.1) is 0 Å². The van der Waals surface area contributed by atoms with Gasteiger partial charge >= 0.3 is 190 Å². The van der Waals surface area contributed by atoms with Crippen LogP contribution in [0.4, 0.5) is 0 Å². The maximum atomic E-state index is 6.52. The first kappa shape index (κ1) is 26.9. The van der Waals surface area contributed by atoms with Gasteiger partial charge in [0.25, 0.3) is 0 Å². The topological polar surface area (TPSA) is 0 Å². The smallest absolute Gasteiger partial charge is 1.00 e. The Morgan fingerprint density at radius 3 is 2.10 bits per heavy atom. The van der Waals surface area contributed by atoms with Crippen molar-refractivity contribution in [3.63, 3.8) is 0 Å². The van der Waals surface area contributed by atoms with E-state index >= 15 is 0 Å². The first-order valence-corrected chi connectivity index (χ1v) is 19.7. The molecule has 0 bridgehead atoms. The molecule has 2 aliphatic rings. The minimum Gasteiger partial charge on any atom is -1.00 e. The molecule has 0 saturated carbocycles. The van der Waals surface area contributed by atoms with Crippen molar-refractivity contribution in [1.29, 1.82) is 0 Å². The molecule has 2 atom stereocenters. The zero-order chi connectivity index (χ0) is 20.9. The van der Waals surface area contributed by atoms with Gasteiger partial charge in [0.1, 0.15) is 0 Å². The van der Waals surface area contributed by atoms with Crippen LogP contribution in [0.1, 0.15) is 48.0 Å². The SMILES string of the molecule is CC1=C(C)C(C)[C]([Zr+2]([CH]2C=C(c3ccccc3)c3ccc(Cl)cc32)=[Si](C)C)=C1C.[Cl-].[Cl-]. The maximum Gasteiger partial charge on any atom is -1.00 e. The van der Waals surface area contributed by atoms with Gasteiger partial charge in [-0.1, -0.05) is 0 Å². The summed E-state index contributed by atoms with van der Waals surface area (Å²) in [5, 5.41) is 0.871. The second-order valence-corrected chi connectivity index (χ2v) is 26.5. The molecule has 4 rings (SSSR count). The van der Waals surface area contributed by atoms with Crippen LogP contribution >= 0.6 is 11.6 Å². The Morgan fingerprint density at radius 1 is 0.903 bits per heavy atom. The van der Waals surface area contributed by atoms with Gasteiger partial charge in [0.15, 0.2) is 0 Å². The van der Waals surface area contributed by atoms with E-state index < -0.39 is 20.4 Å². The number of rotatable bonds is 3. The monoisotopic (exact) mass is 564 g/mol. The van der Waals surface area contributed by atoms with Crippen LogP contribution in [0.15, 0.2) is 74.6 Å². The van der Waals surface area contributed by atoms with E-state index in [1.54, 1.807) is 16.7 Å². The molecule has 2 aliphatic carbocycles. The first-order valence-electron chi connectivity index (χ1n) is 10.4. The molecule has 162 valence electrons. The normalized spacial score (nSPS) is 19.2. The Balaban J connectivity index is 0.00000171. The Kier molecular flexibility index (Phi) is 9.28. The maximum absolute atomic E-state index is 6.52. The van der Waals surface area contributed by atoms with Gasteiger partial charge in [0.2, 0.25) is 0 Å². The van der Waals surface area contributed by atoms with Crippen LogP contribution in [0.5, 0.6) is 0 Å². The van der Waals surface area contributed by atoms with Gasteiger partial charge in [-0.05, 0) is 0 Å². The molecular weight excluding hydrogens is 538 g/mol. The summed E-state index contributed by atoms with van der Waals surface area (Å²) in [4.78, 5) is 0. The molecule has 31 heavy (non-hydrogen) atoms. The van der Waals surface area contributed by atoms with Gasteiger partial charge in [-0.25, -0.2) is 0 Å². The molecule has 2 unspecified atom stereocenters. The van der Waals surface area contributed by atoms with Gasteiger partial charge in [-0.3, -0.25) is 0 Å². The summed E-state index contributed by atoms with van der Waals surface area (Å²) in [6, 6.07) is 17.5. The van der Waals surface area contributed by atoms with Crippen LogP contribution in [0.3, 0.4) is 0 Å². The fourth-order valence-electron chi connectivity index (χ4n) is 5.04. The predicted molar refractivity (Wildman–Crippen MR) is 125 cm³/mol. The quantitative estimate of drug-likeness (QED) is 0.499. The molecule has 0 nitrogen and oxygen atoms in total. The van der Waals surface area contributed by atoms with Crippen molar-refractivity contribution in [2.24, 2.45) is 5.92 Å². The average Bonchev–Trinajstić information content (AvgIpc) is 3.16. The third-order valence-electron chi connectivity index (χ3n) is 6.84. The molecule has 0 radical (unpaired) electrons. The number of allylic oxidation sites excluding steroid dienone is 5. The Labute approximate surface area is 212 Å². The molecule has 0 aromatic heterocycles. The van der Waals surface area contributed by atoms with Gasteiger partial charge in [0, 0.05) is 0 Å². The van der Waals surface area contributed by atoms with Crippen LogP contribution in [-0.2, 0) is 20.4 Å². The summed E-state index contributed by atoms with van der Waals surface area (Å²) in [7, 11) is 0. The average molecular weight is 567 g/mol. The summed E-state index contributed by atoms with van der Waals surface area (Å²) in [6.07, 6.45) is 2.62. The van der Waals surface area contributed by atoms with E-state index in [4.69, 9.17) is 11.6 Å². The fraction of sp³-hybridized carbons (Fsp3) is 0.308. The van der Waals surface area contributed by atoms with Crippen LogP contribution in [-0.4, -0.2) is 5.43 Å². The second kappa shape index (κ2) is 10.7. The molecular formula is C26H29Cl3SiZr. The number of halogens is 3. The van der Waals surface area contributed by atoms with Gasteiger partial charge in [0.05, 0.1) is 0 Å². The van der Waals surface area contributed by atoms with Crippen LogP contribution in [0, 0.1) is 5.92 Å². The van der Waals surface area contributed by atoms with Crippen LogP contribution in [0.2, 0.25) is 18.1 Å². The number of fused-ring (bicyclic) bond motifs is 1. The van der Waals surface area contributed by atoms with Crippen LogP contribution < -0.4 is 24.8 Å².